The maximum Gasteiger partial charge on any atom is 0.265 e. The van der Waals surface area contributed by atoms with E-state index < -0.39 is 15.9 Å². The van der Waals surface area contributed by atoms with Gasteiger partial charge in [0.05, 0.1) is 16.4 Å². The summed E-state index contributed by atoms with van der Waals surface area (Å²) in [4.78, 5) is -0.240. The molecule has 8 nitrogen and oxygen atoms in total. The van der Waals surface area contributed by atoms with Crippen LogP contribution in [0.15, 0.2) is 46.4 Å². The number of nitrogens with zero attached hydrogens (tertiary/aromatic N) is 2. The maximum absolute atomic E-state index is 12.9. The first-order valence-electron chi connectivity index (χ1n) is 7.62. The summed E-state index contributed by atoms with van der Waals surface area (Å²) in [6.07, 6.45) is 0. The molecule has 5 N–H and O–H groups in total. The summed E-state index contributed by atoms with van der Waals surface area (Å²) in [6.45, 7) is 3.69. The molecule has 0 heterocycles. The lowest BCUT2D eigenvalue weighted by molar-refractivity contribution is 0.601. The monoisotopic (exact) mass is 404 g/mol. The molecule has 0 aromatic heterocycles. The number of benzene rings is 2. The molecule has 0 bridgehead atoms. The van der Waals surface area contributed by atoms with E-state index in [9.17, 15) is 8.42 Å². The third-order valence-electron chi connectivity index (χ3n) is 3.51. The fourth-order valence-corrected chi connectivity index (χ4v) is 4.08. The topological polar surface area (TPSA) is 144 Å². The molecule has 0 amide bonds. The summed E-state index contributed by atoms with van der Waals surface area (Å²) in [5.41, 5.74) is 9.48. The van der Waals surface area contributed by atoms with Crippen LogP contribution in [-0.4, -0.2) is 20.0 Å². The van der Waals surface area contributed by atoms with Crippen molar-refractivity contribution in [2.75, 3.05) is 10.1 Å². The van der Waals surface area contributed by atoms with Gasteiger partial charge in [0.15, 0.2) is 5.84 Å². The van der Waals surface area contributed by atoms with Crippen LogP contribution < -0.4 is 15.9 Å². The highest BCUT2D eigenvalue weighted by atomic mass is 35.5. The van der Waals surface area contributed by atoms with Crippen molar-refractivity contribution in [2.45, 2.75) is 18.7 Å². The SMILES string of the molecule is Cc1ccc(NS(=O)(=O)c2c(Cl)cccc2N/N=C(\C#N)C(=N)N)c(C)c1. The van der Waals surface area contributed by atoms with Crippen molar-refractivity contribution < 1.29 is 8.42 Å². The van der Waals surface area contributed by atoms with Crippen LogP contribution in [0.1, 0.15) is 11.1 Å². The van der Waals surface area contributed by atoms with E-state index in [-0.39, 0.29) is 21.3 Å². The number of aryl methyl sites for hydroxylation is 2. The van der Waals surface area contributed by atoms with E-state index in [1.807, 2.05) is 13.0 Å². The van der Waals surface area contributed by atoms with Gasteiger partial charge in [-0.1, -0.05) is 35.4 Å². The van der Waals surface area contributed by atoms with E-state index in [2.05, 4.69) is 15.2 Å². The molecule has 2 rings (SSSR count). The number of anilines is 2. The van der Waals surface area contributed by atoms with E-state index in [0.29, 0.717) is 5.69 Å². The van der Waals surface area contributed by atoms with Crippen LogP contribution in [0.3, 0.4) is 0 Å². The molecule has 0 unspecified atom stereocenters. The minimum Gasteiger partial charge on any atom is -0.382 e. The Morgan fingerprint density at radius 1 is 1.26 bits per heavy atom. The average Bonchev–Trinajstić information content (AvgIpc) is 2.57. The smallest absolute Gasteiger partial charge is 0.265 e. The number of sulfonamides is 1. The van der Waals surface area contributed by atoms with Crippen molar-refractivity contribution in [3.05, 3.63) is 52.5 Å². The largest absolute Gasteiger partial charge is 0.382 e. The highest BCUT2D eigenvalue weighted by Gasteiger charge is 2.23. The van der Waals surface area contributed by atoms with Gasteiger partial charge in [-0.3, -0.25) is 15.6 Å². The summed E-state index contributed by atoms with van der Waals surface area (Å²) < 4.78 is 28.3. The fourth-order valence-electron chi connectivity index (χ4n) is 2.26. The Morgan fingerprint density at radius 3 is 2.56 bits per heavy atom. The summed E-state index contributed by atoms with van der Waals surface area (Å²) in [5, 5.41) is 19.8. The number of amidine groups is 1. The number of hydrogen-bond acceptors (Lipinski definition) is 6. The normalized spacial score (nSPS) is 11.6. The fraction of sp³-hybridized carbons (Fsp3) is 0.118. The Bertz CT molecular complexity index is 1070. The lowest BCUT2D eigenvalue weighted by Gasteiger charge is -2.15. The molecule has 2 aromatic carbocycles. The number of nitrogens with one attached hydrogen (secondary N) is 3. The van der Waals surface area contributed by atoms with Crippen molar-refractivity contribution in [1.29, 1.82) is 10.7 Å². The molecule has 0 atom stereocenters. The van der Waals surface area contributed by atoms with Crippen LogP contribution in [0.5, 0.6) is 0 Å². The standard InChI is InChI=1S/C17H17ClN6O2S/c1-10-6-7-13(11(2)8-10)24-27(25,26)16-12(18)4-3-5-14(16)22-23-15(9-19)17(20)21/h3-8,22,24H,1-2H3,(H3,20,21)/b23-15+. The number of nitriles is 1. The summed E-state index contributed by atoms with van der Waals surface area (Å²) >= 11 is 6.12. The Morgan fingerprint density at radius 2 is 1.96 bits per heavy atom. The zero-order valence-corrected chi connectivity index (χ0v) is 16.1. The van der Waals surface area contributed by atoms with Crippen molar-refractivity contribution >= 4 is 44.5 Å². The van der Waals surface area contributed by atoms with E-state index in [4.69, 9.17) is 28.0 Å². The molecule has 140 valence electrons. The first-order chi connectivity index (χ1) is 12.7. The second kappa shape index (κ2) is 8.07. The van der Waals surface area contributed by atoms with Gasteiger partial charge in [-0.05, 0) is 37.6 Å². The minimum atomic E-state index is -4.07. The van der Waals surface area contributed by atoms with Crippen LogP contribution in [-0.2, 0) is 10.0 Å². The van der Waals surface area contributed by atoms with Gasteiger partial charge < -0.3 is 5.73 Å². The highest BCUT2D eigenvalue weighted by molar-refractivity contribution is 7.93. The molecule has 0 aliphatic heterocycles. The summed E-state index contributed by atoms with van der Waals surface area (Å²) in [6, 6.07) is 11.3. The van der Waals surface area contributed by atoms with Gasteiger partial charge in [0, 0.05) is 0 Å². The van der Waals surface area contributed by atoms with Crippen LogP contribution in [0.2, 0.25) is 5.02 Å². The molecule has 27 heavy (non-hydrogen) atoms. The molecule has 10 heteroatoms. The quantitative estimate of drug-likeness (QED) is 0.332. The zero-order valence-electron chi connectivity index (χ0n) is 14.5. The first kappa shape index (κ1) is 20.2. The Hall–Kier alpha value is -3.09. The Kier molecular flexibility index (Phi) is 6.05. The number of rotatable bonds is 6. The second-order valence-electron chi connectivity index (χ2n) is 5.64. The number of halogens is 1. The number of nitrogens with two attached hydrogens (primary N) is 1. The van der Waals surface area contributed by atoms with Crippen LogP contribution >= 0.6 is 11.6 Å². The van der Waals surface area contributed by atoms with E-state index >= 15 is 0 Å². The minimum absolute atomic E-state index is 0.0335. The molecule has 0 aliphatic rings. The molecule has 0 fully saturated rings. The lowest BCUT2D eigenvalue weighted by Crippen LogP contribution is -2.22. The molecular weight excluding hydrogens is 388 g/mol. The van der Waals surface area contributed by atoms with Crippen LogP contribution in [0.25, 0.3) is 0 Å². The summed E-state index contributed by atoms with van der Waals surface area (Å²) in [5.74, 6) is -0.551. The molecule has 0 spiro atoms. The van der Waals surface area contributed by atoms with Gasteiger partial charge in [-0.2, -0.15) is 10.4 Å². The lowest BCUT2D eigenvalue weighted by atomic mass is 10.1. The molecule has 0 saturated carbocycles. The molecule has 0 aliphatic carbocycles. The molecule has 0 saturated heterocycles. The van der Waals surface area contributed by atoms with Crippen molar-refractivity contribution in [2.24, 2.45) is 10.8 Å². The van der Waals surface area contributed by atoms with Gasteiger partial charge in [0.1, 0.15) is 11.0 Å². The predicted octanol–water partition coefficient (Wildman–Crippen LogP) is 2.99. The van der Waals surface area contributed by atoms with Gasteiger partial charge in [0.25, 0.3) is 10.0 Å². The maximum atomic E-state index is 12.9. The third-order valence-corrected chi connectivity index (χ3v) is 5.40. The van der Waals surface area contributed by atoms with Gasteiger partial charge >= 0.3 is 0 Å². The van der Waals surface area contributed by atoms with E-state index in [0.717, 1.165) is 11.1 Å². The molecule has 0 radical (unpaired) electrons. The van der Waals surface area contributed by atoms with Crippen LogP contribution in [0, 0.1) is 30.6 Å². The number of hydrazone groups is 1. The molecule has 2 aromatic rings. The average molecular weight is 405 g/mol. The molecular formula is C17H17ClN6O2S. The van der Waals surface area contributed by atoms with Crippen molar-refractivity contribution in [3.8, 4) is 6.07 Å². The third kappa shape index (κ3) is 4.75. The van der Waals surface area contributed by atoms with E-state index in [1.165, 1.54) is 18.2 Å². The Labute approximate surface area is 162 Å². The second-order valence-corrected chi connectivity index (χ2v) is 7.66. The number of hydrogen-bond donors (Lipinski definition) is 4. The van der Waals surface area contributed by atoms with Gasteiger partial charge in [-0.25, -0.2) is 8.42 Å². The van der Waals surface area contributed by atoms with Crippen molar-refractivity contribution in [1.82, 2.24) is 0 Å². The van der Waals surface area contributed by atoms with E-state index in [1.54, 1.807) is 25.1 Å². The highest BCUT2D eigenvalue weighted by Crippen LogP contribution is 2.31. The first-order valence-corrected chi connectivity index (χ1v) is 9.48. The van der Waals surface area contributed by atoms with Crippen LogP contribution in [0.4, 0.5) is 11.4 Å². The van der Waals surface area contributed by atoms with Crippen molar-refractivity contribution in [3.63, 3.8) is 0 Å². The summed E-state index contributed by atoms with van der Waals surface area (Å²) in [7, 11) is -4.07. The Balaban J connectivity index is 2.48. The van der Waals surface area contributed by atoms with Gasteiger partial charge in [0.2, 0.25) is 5.71 Å². The zero-order chi connectivity index (χ0) is 20.2. The predicted molar refractivity (Wildman–Crippen MR) is 107 cm³/mol. The van der Waals surface area contributed by atoms with Gasteiger partial charge in [-0.15, -0.1) is 0 Å².